The maximum atomic E-state index is 12.2. The number of nitrogens with zero attached hydrogens (tertiary/aromatic N) is 1. The van der Waals surface area contributed by atoms with E-state index < -0.39 is 11.4 Å². The first-order chi connectivity index (χ1) is 9.51. The van der Waals surface area contributed by atoms with Crippen LogP contribution in [0.3, 0.4) is 0 Å². The summed E-state index contributed by atoms with van der Waals surface area (Å²) in [5.74, 6) is -0.725. The van der Waals surface area contributed by atoms with Gasteiger partial charge in [0, 0.05) is 26.1 Å². The molecule has 0 aromatic heterocycles. The van der Waals surface area contributed by atoms with Gasteiger partial charge in [0.15, 0.2) is 0 Å². The third-order valence-electron chi connectivity index (χ3n) is 4.52. The van der Waals surface area contributed by atoms with E-state index in [1.807, 2.05) is 0 Å². The molecule has 0 aliphatic carbocycles. The van der Waals surface area contributed by atoms with E-state index in [0.29, 0.717) is 25.9 Å². The average Bonchev–Trinajstić information content (AvgIpc) is 2.46. The fourth-order valence-electron chi connectivity index (χ4n) is 3.10. The van der Waals surface area contributed by atoms with E-state index in [2.05, 4.69) is 0 Å². The Morgan fingerprint density at radius 3 is 2.80 bits per heavy atom. The van der Waals surface area contributed by atoms with E-state index in [9.17, 15) is 14.7 Å². The lowest BCUT2D eigenvalue weighted by Gasteiger charge is -2.37. The molecule has 0 radical (unpaired) electrons. The summed E-state index contributed by atoms with van der Waals surface area (Å²) in [6.45, 7) is 3.57. The summed E-state index contributed by atoms with van der Waals surface area (Å²) in [4.78, 5) is 25.2. The molecule has 2 rings (SSSR count). The summed E-state index contributed by atoms with van der Waals surface area (Å²) in [7, 11) is 0. The van der Waals surface area contributed by atoms with Crippen LogP contribution in [0.4, 0.5) is 0 Å². The van der Waals surface area contributed by atoms with Crippen LogP contribution in [-0.4, -0.2) is 47.7 Å². The Balaban J connectivity index is 1.81. The summed E-state index contributed by atoms with van der Waals surface area (Å²) < 4.78 is 5.63. The monoisotopic (exact) mass is 283 g/mol. The number of hydrogen-bond acceptors (Lipinski definition) is 3. The van der Waals surface area contributed by atoms with E-state index in [4.69, 9.17) is 4.74 Å². The third-order valence-corrected chi connectivity index (χ3v) is 4.52. The second kappa shape index (κ2) is 6.57. The van der Waals surface area contributed by atoms with Crippen LogP contribution in [0, 0.1) is 5.41 Å². The van der Waals surface area contributed by atoms with Crippen molar-refractivity contribution in [1.82, 2.24) is 4.90 Å². The number of hydrogen-bond donors (Lipinski definition) is 1. The molecule has 114 valence electrons. The lowest BCUT2D eigenvalue weighted by atomic mass is 9.82. The van der Waals surface area contributed by atoms with E-state index >= 15 is 0 Å². The molecular weight excluding hydrogens is 258 g/mol. The molecule has 0 aromatic carbocycles. The van der Waals surface area contributed by atoms with Gasteiger partial charge in [-0.05, 0) is 45.4 Å². The Hall–Kier alpha value is -1.10. The normalized spacial score (nSPS) is 31.1. The van der Waals surface area contributed by atoms with Crippen LogP contribution in [0.1, 0.15) is 51.9 Å². The number of aliphatic carboxylic acids is 1. The fourth-order valence-corrected chi connectivity index (χ4v) is 3.10. The SMILES string of the molecule is CC1(C(=O)O)CCCN(C(=O)CCC2CCCCO2)C1. The quantitative estimate of drug-likeness (QED) is 0.857. The van der Waals surface area contributed by atoms with Crippen LogP contribution < -0.4 is 0 Å². The molecule has 1 N–H and O–H groups in total. The van der Waals surface area contributed by atoms with Gasteiger partial charge in [-0.25, -0.2) is 0 Å². The zero-order valence-electron chi connectivity index (χ0n) is 12.3. The molecule has 0 bridgehead atoms. The van der Waals surface area contributed by atoms with Crippen molar-refractivity contribution < 1.29 is 19.4 Å². The first-order valence-corrected chi connectivity index (χ1v) is 7.64. The van der Waals surface area contributed by atoms with Crippen LogP contribution in [0.2, 0.25) is 0 Å². The van der Waals surface area contributed by atoms with Crippen molar-refractivity contribution >= 4 is 11.9 Å². The van der Waals surface area contributed by atoms with Gasteiger partial charge < -0.3 is 14.7 Å². The Bertz CT molecular complexity index is 365. The van der Waals surface area contributed by atoms with Gasteiger partial charge in [-0.3, -0.25) is 9.59 Å². The van der Waals surface area contributed by atoms with Crippen molar-refractivity contribution in [2.75, 3.05) is 19.7 Å². The number of piperidine rings is 1. The molecule has 2 fully saturated rings. The third kappa shape index (κ3) is 3.72. The lowest BCUT2D eigenvalue weighted by molar-refractivity contribution is -0.153. The van der Waals surface area contributed by atoms with E-state index in [0.717, 1.165) is 32.3 Å². The van der Waals surface area contributed by atoms with Crippen molar-refractivity contribution in [2.24, 2.45) is 5.41 Å². The smallest absolute Gasteiger partial charge is 0.311 e. The minimum Gasteiger partial charge on any atom is -0.481 e. The number of amides is 1. The number of ether oxygens (including phenoxy) is 1. The molecule has 0 spiro atoms. The highest BCUT2D eigenvalue weighted by molar-refractivity contribution is 5.79. The number of carboxylic acid groups (broad SMARTS) is 1. The predicted octanol–water partition coefficient (Wildman–Crippen LogP) is 2.05. The van der Waals surface area contributed by atoms with Gasteiger partial charge in [-0.15, -0.1) is 0 Å². The molecule has 0 aromatic rings. The number of rotatable bonds is 4. The molecule has 2 heterocycles. The number of carbonyl (C=O) groups is 2. The summed E-state index contributed by atoms with van der Waals surface area (Å²) in [6.07, 6.45) is 6.21. The highest BCUT2D eigenvalue weighted by Gasteiger charge is 2.39. The van der Waals surface area contributed by atoms with Gasteiger partial charge in [0.1, 0.15) is 0 Å². The van der Waals surface area contributed by atoms with Gasteiger partial charge in [0.05, 0.1) is 11.5 Å². The maximum absolute atomic E-state index is 12.2. The first kappa shape index (κ1) is 15.3. The highest BCUT2D eigenvalue weighted by Crippen LogP contribution is 2.30. The van der Waals surface area contributed by atoms with Gasteiger partial charge >= 0.3 is 5.97 Å². The topological polar surface area (TPSA) is 66.8 Å². The molecule has 2 saturated heterocycles. The zero-order chi connectivity index (χ0) is 14.6. The van der Waals surface area contributed by atoms with Gasteiger partial charge in [-0.2, -0.15) is 0 Å². The molecule has 1 amide bonds. The molecular formula is C15H25NO4. The number of carbonyl (C=O) groups excluding carboxylic acids is 1. The molecule has 0 saturated carbocycles. The minimum atomic E-state index is -0.800. The Labute approximate surface area is 120 Å². The number of likely N-dealkylation sites (tertiary alicyclic amines) is 1. The number of carboxylic acids is 1. The van der Waals surface area contributed by atoms with Crippen molar-refractivity contribution in [2.45, 2.75) is 58.0 Å². The molecule has 2 aliphatic heterocycles. The Kier molecular flexibility index (Phi) is 5.02. The summed E-state index contributed by atoms with van der Waals surface area (Å²) in [5.41, 5.74) is -0.782. The summed E-state index contributed by atoms with van der Waals surface area (Å²) in [6, 6.07) is 0. The average molecular weight is 283 g/mol. The molecule has 2 atom stereocenters. The molecule has 2 unspecified atom stereocenters. The van der Waals surface area contributed by atoms with E-state index in [1.54, 1.807) is 11.8 Å². The van der Waals surface area contributed by atoms with Crippen molar-refractivity contribution in [3.63, 3.8) is 0 Å². The standard InChI is InChI=1S/C15H25NO4/c1-15(14(18)19)8-4-9-16(11-15)13(17)7-6-12-5-2-3-10-20-12/h12H,2-11H2,1H3,(H,18,19). The van der Waals surface area contributed by atoms with Crippen LogP contribution in [0.25, 0.3) is 0 Å². The summed E-state index contributed by atoms with van der Waals surface area (Å²) in [5, 5.41) is 9.27. The first-order valence-electron chi connectivity index (χ1n) is 7.64. The van der Waals surface area contributed by atoms with Crippen LogP contribution >= 0.6 is 0 Å². The van der Waals surface area contributed by atoms with Crippen LogP contribution in [0.5, 0.6) is 0 Å². The zero-order valence-corrected chi connectivity index (χ0v) is 12.3. The van der Waals surface area contributed by atoms with Crippen LogP contribution in [0.15, 0.2) is 0 Å². The fraction of sp³-hybridized carbons (Fsp3) is 0.867. The van der Waals surface area contributed by atoms with Gasteiger partial charge in [-0.1, -0.05) is 0 Å². The van der Waals surface area contributed by atoms with Crippen molar-refractivity contribution in [3.8, 4) is 0 Å². The van der Waals surface area contributed by atoms with Crippen LogP contribution in [-0.2, 0) is 14.3 Å². The van der Waals surface area contributed by atoms with Gasteiger partial charge in [0.2, 0.25) is 5.91 Å². The molecule has 5 heteroatoms. The second-order valence-corrected chi connectivity index (χ2v) is 6.31. The molecule has 20 heavy (non-hydrogen) atoms. The van der Waals surface area contributed by atoms with Crippen molar-refractivity contribution in [1.29, 1.82) is 0 Å². The predicted molar refractivity (Wildman–Crippen MR) is 74.4 cm³/mol. The largest absolute Gasteiger partial charge is 0.481 e. The minimum absolute atomic E-state index is 0.0753. The Morgan fingerprint density at radius 2 is 2.15 bits per heavy atom. The maximum Gasteiger partial charge on any atom is 0.311 e. The van der Waals surface area contributed by atoms with E-state index in [1.165, 1.54) is 6.42 Å². The highest BCUT2D eigenvalue weighted by atomic mass is 16.5. The molecule has 5 nitrogen and oxygen atoms in total. The van der Waals surface area contributed by atoms with E-state index in [-0.39, 0.29) is 12.0 Å². The lowest BCUT2D eigenvalue weighted by Crippen LogP contribution is -2.48. The summed E-state index contributed by atoms with van der Waals surface area (Å²) >= 11 is 0. The Morgan fingerprint density at radius 1 is 1.35 bits per heavy atom. The van der Waals surface area contributed by atoms with Gasteiger partial charge in [0.25, 0.3) is 0 Å². The second-order valence-electron chi connectivity index (χ2n) is 6.31. The molecule has 2 aliphatic rings. The van der Waals surface area contributed by atoms with Crippen molar-refractivity contribution in [3.05, 3.63) is 0 Å².